The minimum atomic E-state index is -0.486. The van der Waals surface area contributed by atoms with Gasteiger partial charge in [-0.25, -0.2) is 4.39 Å². The molecular formula is C22H25FN4O2S. The van der Waals surface area contributed by atoms with Crippen LogP contribution in [0.1, 0.15) is 41.2 Å². The van der Waals surface area contributed by atoms with Crippen LogP contribution >= 0.6 is 12.2 Å². The van der Waals surface area contributed by atoms with Gasteiger partial charge in [-0.1, -0.05) is 18.6 Å². The molecule has 1 atom stereocenters. The largest absolute Gasteiger partial charge is 0.497 e. The summed E-state index contributed by atoms with van der Waals surface area (Å²) in [6.45, 7) is 2.40. The van der Waals surface area contributed by atoms with E-state index in [0.717, 1.165) is 37.2 Å². The maximum atomic E-state index is 14.0. The molecule has 2 heterocycles. The summed E-state index contributed by atoms with van der Waals surface area (Å²) in [5.41, 5.74) is 2.35. The molecule has 3 N–H and O–H groups in total. The first-order valence-electron chi connectivity index (χ1n) is 10.1. The Kier molecular flexibility index (Phi) is 6.15. The van der Waals surface area contributed by atoms with Crippen molar-refractivity contribution in [2.45, 2.75) is 25.3 Å². The summed E-state index contributed by atoms with van der Waals surface area (Å²) in [7, 11) is 1.64. The lowest BCUT2D eigenvalue weighted by Gasteiger charge is -2.35. The average molecular weight is 429 g/mol. The minimum Gasteiger partial charge on any atom is -0.497 e. The highest BCUT2D eigenvalue weighted by atomic mass is 32.1. The molecule has 3 aromatic rings. The van der Waals surface area contributed by atoms with Crippen LogP contribution < -0.4 is 10.1 Å². The van der Waals surface area contributed by atoms with E-state index in [1.54, 1.807) is 7.11 Å². The predicted molar refractivity (Wildman–Crippen MR) is 117 cm³/mol. The van der Waals surface area contributed by atoms with E-state index in [0.29, 0.717) is 22.3 Å². The van der Waals surface area contributed by atoms with Crippen molar-refractivity contribution < 1.29 is 13.9 Å². The van der Waals surface area contributed by atoms with Crippen LogP contribution in [0.3, 0.4) is 0 Å². The molecule has 4 rings (SSSR count). The number of carbonyl (C=O) groups excluding carboxylic acids is 1. The number of amides is 1. The maximum Gasteiger partial charge on any atom is 0.253 e. The van der Waals surface area contributed by atoms with Gasteiger partial charge < -0.3 is 20.0 Å². The Morgan fingerprint density at radius 2 is 1.93 bits per heavy atom. The summed E-state index contributed by atoms with van der Waals surface area (Å²) in [6.07, 6.45) is 3.52. The predicted octanol–water partition coefficient (Wildman–Crippen LogP) is 4.33. The first-order valence-corrected chi connectivity index (χ1v) is 10.5. The standard InChI is InChI=1S/C22H25FN4O2S/c1-29-16-7-5-14(6-8-16)19(27-9-3-2-4-10-27)13-24-21(28)17-11-15(23)12-18-20(17)26-22(30)25-18/h5-8,11-12,19H,2-4,9-10,13H2,1H3,(H,24,28)(H2,25,26,30). The van der Waals surface area contributed by atoms with E-state index in [2.05, 4.69) is 20.2 Å². The number of aromatic amines is 2. The lowest BCUT2D eigenvalue weighted by Crippen LogP contribution is -2.40. The lowest BCUT2D eigenvalue weighted by molar-refractivity contribution is 0.0925. The molecule has 0 bridgehead atoms. The van der Waals surface area contributed by atoms with Crippen LogP contribution in [0.4, 0.5) is 4.39 Å². The summed E-state index contributed by atoms with van der Waals surface area (Å²) >= 11 is 5.10. The van der Waals surface area contributed by atoms with Gasteiger partial charge in [-0.15, -0.1) is 0 Å². The van der Waals surface area contributed by atoms with Crippen LogP contribution in [0, 0.1) is 10.6 Å². The second kappa shape index (κ2) is 8.97. The van der Waals surface area contributed by atoms with Crippen LogP contribution in [0.25, 0.3) is 11.0 Å². The summed E-state index contributed by atoms with van der Waals surface area (Å²) in [5, 5.41) is 3.01. The van der Waals surface area contributed by atoms with Gasteiger partial charge in [-0.3, -0.25) is 9.69 Å². The molecule has 1 saturated heterocycles. The van der Waals surface area contributed by atoms with E-state index in [-0.39, 0.29) is 17.5 Å². The SMILES string of the molecule is COc1ccc(C(CNC(=O)c2cc(F)cc3[nH]c(=S)[nH]c23)N2CCCCC2)cc1. The molecule has 8 heteroatoms. The van der Waals surface area contributed by atoms with Crippen LogP contribution in [-0.4, -0.2) is 47.5 Å². The molecule has 1 aromatic heterocycles. The third-order valence-electron chi connectivity index (χ3n) is 5.62. The number of methoxy groups -OCH3 is 1. The molecule has 6 nitrogen and oxygen atoms in total. The van der Waals surface area contributed by atoms with Crippen molar-refractivity contribution in [2.24, 2.45) is 0 Å². The molecule has 0 aliphatic carbocycles. The number of hydrogen-bond donors (Lipinski definition) is 3. The minimum absolute atomic E-state index is 0.0360. The Morgan fingerprint density at radius 1 is 1.20 bits per heavy atom. The Bertz CT molecular complexity index is 1090. The Morgan fingerprint density at radius 3 is 2.63 bits per heavy atom. The number of carbonyl (C=O) groups is 1. The number of H-pyrrole nitrogens is 2. The Hall–Kier alpha value is -2.71. The third kappa shape index (κ3) is 4.39. The van der Waals surface area contributed by atoms with Gasteiger partial charge in [-0.2, -0.15) is 0 Å². The van der Waals surface area contributed by atoms with Gasteiger partial charge in [0.1, 0.15) is 11.6 Å². The number of aromatic nitrogens is 2. The fourth-order valence-corrected chi connectivity index (χ4v) is 4.30. The van der Waals surface area contributed by atoms with Crippen molar-refractivity contribution in [2.75, 3.05) is 26.7 Å². The molecule has 1 unspecified atom stereocenters. The topological polar surface area (TPSA) is 73.1 Å². The molecule has 2 aromatic carbocycles. The van der Waals surface area contributed by atoms with Crippen molar-refractivity contribution >= 4 is 29.2 Å². The first-order chi connectivity index (χ1) is 14.5. The molecule has 1 aliphatic rings. The molecule has 158 valence electrons. The highest BCUT2D eigenvalue weighted by Gasteiger charge is 2.24. The van der Waals surface area contributed by atoms with Crippen LogP contribution in [0.2, 0.25) is 0 Å². The molecule has 1 amide bonds. The summed E-state index contributed by atoms with van der Waals surface area (Å²) in [5.74, 6) is -0.0223. The van der Waals surface area contributed by atoms with Gasteiger partial charge in [0.15, 0.2) is 4.77 Å². The number of nitrogens with zero attached hydrogens (tertiary/aromatic N) is 1. The number of nitrogens with one attached hydrogen (secondary N) is 3. The van der Waals surface area contributed by atoms with Gasteiger partial charge in [-0.05, 0) is 68.0 Å². The van der Waals surface area contributed by atoms with Gasteiger partial charge in [0.05, 0.1) is 29.7 Å². The fraction of sp³-hybridized carbons (Fsp3) is 0.364. The highest BCUT2D eigenvalue weighted by Crippen LogP contribution is 2.26. The van der Waals surface area contributed by atoms with E-state index in [1.165, 1.54) is 18.6 Å². The van der Waals surface area contributed by atoms with Crippen LogP contribution in [0.15, 0.2) is 36.4 Å². The maximum absolute atomic E-state index is 14.0. The zero-order valence-electron chi connectivity index (χ0n) is 16.8. The van der Waals surface area contributed by atoms with Crippen LogP contribution in [-0.2, 0) is 0 Å². The second-order valence-electron chi connectivity index (χ2n) is 7.55. The number of halogens is 1. The summed E-state index contributed by atoms with van der Waals surface area (Å²) < 4.78 is 19.7. The summed E-state index contributed by atoms with van der Waals surface area (Å²) in [6, 6.07) is 10.5. The molecule has 1 aliphatic heterocycles. The molecule has 30 heavy (non-hydrogen) atoms. The summed E-state index contributed by atoms with van der Waals surface area (Å²) in [4.78, 5) is 21.2. The zero-order valence-corrected chi connectivity index (χ0v) is 17.7. The number of hydrogen-bond acceptors (Lipinski definition) is 4. The molecule has 0 radical (unpaired) electrons. The number of fused-ring (bicyclic) bond motifs is 1. The molecule has 1 fully saturated rings. The van der Waals surface area contributed by atoms with Gasteiger partial charge >= 0.3 is 0 Å². The van der Waals surface area contributed by atoms with Crippen molar-refractivity contribution in [1.82, 2.24) is 20.2 Å². The van der Waals surface area contributed by atoms with Gasteiger partial charge in [0.2, 0.25) is 0 Å². The number of imidazole rings is 1. The monoisotopic (exact) mass is 428 g/mol. The van der Waals surface area contributed by atoms with Gasteiger partial charge in [0.25, 0.3) is 5.91 Å². The van der Waals surface area contributed by atoms with E-state index < -0.39 is 5.82 Å². The number of likely N-dealkylation sites (tertiary alicyclic amines) is 1. The van der Waals surface area contributed by atoms with E-state index in [9.17, 15) is 9.18 Å². The third-order valence-corrected chi connectivity index (χ3v) is 5.83. The van der Waals surface area contributed by atoms with Gasteiger partial charge in [0, 0.05) is 6.54 Å². The van der Waals surface area contributed by atoms with E-state index >= 15 is 0 Å². The van der Waals surface area contributed by atoms with Crippen molar-refractivity contribution in [3.8, 4) is 5.75 Å². The molecule has 0 saturated carbocycles. The van der Waals surface area contributed by atoms with Crippen molar-refractivity contribution in [1.29, 1.82) is 0 Å². The Labute approximate surface area is 179 Å². The number of rotatable bonds is 6. The fourth-order valence-electron chi connectivity index (χ4n) is 4.08. The number of piperidine rings is 1. The molecular weight excluding hydrogens is 403 g/mol. The smallest absolute Gasteiger partial charge is 0.253 e. The number of benzene rings is 2. The Balaban J connectivity index is 1.57. The highest BCUT2D eigenvalue weighted by molar-refractivity contribution is 7.71. The quantitative estimate of drug-likeness (QED) is 0.511. The van der Waals surface area contributed by atoms with Crippen LogP contribution in [0.5, 0.6) is 5.75 Å². The first kappa shape index (κ1) is 20.6. The van der Waals surface area contributed by atoms with Crippen molar-refractivity contribution in [3.63, 3.8) is 0 Å². The lowest BCUT2D eigenvalue weighted by atomic mass is 10.0. The normalized spacial score (nSPS) is 15.8. The zero-order chi connectivity index (χ0) is 21.1. The van der Waals surface area contributed by atoms with E-state index in [1.807, 2.05) is 24.3 Å². The molecule has 0 spiro atoms. The second-order valence-corrected chi connectivity index (χ2v) is 7.96. The number of ether oxygens (including phenoxy) is 1. The van der Waals surface area contributed by atoms with E-state index in [4.69, 9.17) is 17.0 Å². The van der Waals surface area contributed by atoms with Crippen molar-refractivity contribution in [3.05, 3.63) is 58.1 Å². The average Bonchev–Trinajstić information content (AvgIpc) is 3.14.